The lowest BCUT2D eigenvalue weighted by Crippen LogP contribution is -2.20. The second kappa shape index (κ2) is 2.08. The van der Waals surface area contributed by atoms with Crippen molar-refractivity contribution >= 4 is 0 Å². The quantitative estimate of drug-likeness (QED) is 0.470. The van der Waals surface area contributed by atoms with Crippen LogP contribution in [0.2, 0.25) is 0 Å². The largest absolute Gasteiger partial charge is 0.364 e. The first-order chi connectivity index (χ1) is 5.36. The summed E-state index contributed by atoms with van der Waals surface area (Å²) >= 11 is 0. The number of fused-ring (bicyclic) bond motifs is 2. The average Bonchev–Trinajstić information content (AvgIpc) is 2.60. The highest BCUT2D eigenvalue weighted by Crippen LogP contribution is 2.37. The lowest BCUT2D eigenvalue weighted by atomic mass is 9.85. The van der Waals surface area contributed by atoms with Gasteiger partial charge in [0.2, 0.25) is 0 Å². The average molecular weight is 146 g/mol. The van der Waals surface area contributed by atoms with Crippen molar-refractivity contribution in [2.24, 2.45) is 11.8 Å². The Labute approximate surface area is 64.5 Å². The molecule has 3 heteroatoms. The van der Waals surface area contributed by atoms with Gasteiger partial charge in [0, 0.05) is 0 Å². The number of nitrogens with zero attached hydrogens (tertiary/aromatic N) is 2. The van der Waals surface area contributed by atoms with Gasteiger partial charge in [-0.15, -0.1) is 0 Å². The van der Waals surface area contributed by atoms with E-state index >= 15 is 0 Å². The first-order valence-corrected chi connectivity index (χ1v) is 3.50. The summed E-state index contributed by atoms with van der Waals surface area (Å²) in [7, 11) is 0. The smallest absolute Gasteiger partial charge is 0.0948 e. The zero-order chi connectivity index (χ0) is 7.84. The van der Waals surface area contributed by atoms with Gasteiger partial charge in [0.15, 0.2) is 0 Å². The summed E-state index contributed by atoms with van der Waals surface area (Å²) in [4.78, 5) is 0. The molecule has 4 atom stereocenters. The molecule has 2 unspecified atom stereocenters. The van der Waals surface area contributed by atoms with E-state index in [1.54, 1.807) is 0 Å². The van der Waals surface area contributed by atoms with Gasteiger partial charge in [-0.25, -0.2) is 0 Å². The van der Waals surface area contributed by atoms with Crippen LogP contribution in [-0.4, -0.2) is 12.2 Å². The molecule has 54 valence electrons. The first-order valence-electron chi connectivity index (χ1n) is 3.50. The van der Waals surface area contributed by atoms with Crippen LogP contribution in [0.25, 0.3) is 0 Å². The Kier molecular flexibility index (Phi) is 1.21. The van der Waals surface area contributed by atoms with Gasteiger partial charge in [-0.05, 0) is 0 Å². The van der Waals surface area contributed by atoms with Gasteiger partial charge in [-0.2, -0.15) is 10.5 Å². The molecule has 2 aliphatic rings. The molecule has 0 amide bonds. The predicted molar refractivity (Wildman–Crippen MR) is 36.0 cm³/mol. The molecular weight excluding hydrogens is 140 g/mol. The minimum Gasteiger partial charge on any atom is -0.364 e. The van der Waals surface area contributed by atoms with E-state index in [1.165, 1.54) is 0 Å². The van der Waals surface area contributed by atoms with Gasteiger partial charge in [-0.1, -0.05) is 12.2 Å². The van der Waals surface area contributed by atoms with Crippen LogP contribution in [-0.2, 0) is 4.74 Å². The van der Waals surface area contributed by atoms with Crippen molar-refractivity contribution < 1.29 is 4.74 Å². The van der Waals surface area contributed by atoms with Gasteiger partial charge in [0.1, 0.15) is 0 Å². The second-order valence-electron chi connectivity index (χ2n) is 2.76. The highest BCUT2D eigenvalue weighted by atomic mass is 16.5. The van der Waals surface area contributed by atoms with E-state index in [1.807, 2.05) is 12.2 Å². The summed E-state index contributed by atoms with van der Waals surface area (Å²) in [5.41, 5.74) is 0. The molecule has 0 aromatic heterocycles. The zero-order valence-corrected chi connectivity index (χ0v) is 5.77. The van der Waals surface area contributed by atoms with Crippen molar-refractivity contribution in [2.45, 2.75) is 12.2 Å². The zero-order valence-electron chi connectivity index (χ0n) is 5.77. The van der Waals surface area contributed by atoms with Crippen LogP contribution in [0, 0.1) is 34.5 Å². The van der Waals surface area contributed by atoms with Crippen LogP contribution < -0.4 is 0 Å². The van der Waals surface area contributed by atoms with Crippen molar-refractivity contribution in [1.29, 1.82) is 10.5 Å². The van der Waals surface area contributed by atoms with Gasteiger partial charge in [-0.3, -0.25) is 0 Å². The Morgan fingerprint density at radius 3 is 1.82 bits per heavy atom. The summed E-state index contributed by atoms with van der Waals surface area (Å²) in [6, 6.07) is 4.20. The Hall–Kier alpha value is -1.32. The molecule has 1 saturated heterocycles. The number of hydrogen-bond donors (Lipinski definition) is 0. The molecule has 2 heterocycles. The summed E-state index contributed by atoms with van der Waals surface area (Å²) in [6.07, 6.45) is 3.47. The van der Waals surface area contributed by atoms with Gasteiger partial charge >= 0.3 is 0 Å². The minimum atomic E-state index is -0.255. The molecule has 0 aliphatic carbocycles. The molecule has 0 aromatic rings. The lowest BCUT2D eigenvalue weighted by Gasteiger charge is -2.10. The van der Waals surface area contributed by atoms with Crippen LogP contribution in [0.5, 0.6) is 0 Å². The normalized spacial score (nSPS) is 45.3. The van der Waals surface area contributed by atoms with Crippen molar-refractivity contribution in [3.05, 3.63) is 12.2 Å². The van der Waals surface area contributed by atoms with Crippen molar-refractivity contribution in [2.75, 3.05) is 0 Å². The SMILES string of the molecule is N#C[C@@H]1C2C=CC(O2)[C@H]1C#N. The highest BCUT2D eigenvalue weighted by molar-refractivity contribution is 5.23. The van der Waals surface area contributed by atoms with E-state index < -0.39 is 0 Å². The van der Waals surface area contributed by atoms with E-state index in [-0.39, 0.29) is 24.0 Å². The lowest BCUT2D eigenvalue weighted by molar-refractivity contribution is 0.110. The summed E-state index contributed by atoms with van der Waals surface area (Å²) in [5, 5.41) is 17.3. The van der Waals surface area contributed by atoms with Crippen LogP contribution in [0.15, 0.2) is 12.2 Å². The molecule has 0 aromatic carbocycles. The third kappa shape index (κ3) is 0.691. The van der Waals surface area contributed by atoms with Crippen LogP contribution in [0.1, 0.15) is 0 Å². The van der Waals surface area contributed by atoms with Crippen LogP contribution in [0.4, 0.5) is 0 Å². The van der Waals surface area contributed by atoms with E-state index in [2.05, 4.69) is 12.1 Å². The Balaban J connectivity index is 2.32. The third-order valence-electron chi connectivity index (χ3n) is 2.20. The van der Waals surface area contributed by atoms with Crippen molar-refractivity contribution in [3.63, 3.8) is 0 Å². The number of hydrogen-bond acceptors (Lipinski definition) is 3. The molecule has 2 aliphatic heterocycles. The van der Waals surface area contributed by atoms with Crippen LogP contribution in [0.3, 0.4) is 0 Å². The maximum absolute atomic E-state index is 8.67. The van der Waals surface area contributed by atoms with E-state index in [0.29, 0.717) is 0 Å². The summed E-state index contributed by atoms with van der Waals surface area (Å²) in [5.74, 6) is -0.509. The Bertz CT molecular complexity index is 255. The monoisotopic (exact) mass is 146 g/mol. The number of nitriles is 2. The van der Waals surface area contributed by atoms with E-state index in [9.17, 15) is 0 Å². The Morgan fingerprint density at radius 2 is 1.45 bits per heavy atom. The summed E-state index contributed by atoms with van der Waals surface area (Å²) < 4.78 is 5.32. The molecule has 0 N–H and O–H groups in total. The Morgan fingerprint density at radius 1 is 1.00 bits per heavy atom. The number of ether oxygens (including phenoxy) is 1. The van der Waals surface area contributed by atoms with E-state index in [4.69, 9.17) is 15.3 Å². The van der Waals surface area contributed by atoms with Gasteiger partial charge in [0.05, 0.1) is 36.2 Å². The van der Waals surface area contributed by atoms with Gasteiger partial charge in [0.25, 0.3) is 0 Å². The van der Waals surface area contributed by atoms with Crippen molar-refractivity contribution in [1.82, 2.24) is 0 Å². The topological polar surface area (TPSA) is 56.8 Å². The maximum atomic E-state index is 8.67. The fraction of sp³-hybridized carbons (Fsp3) is 0.500. The van der Waals surface area contributed by atoms with Gasteiger partial charge < -0.3 is 4.74 Å². The fourth-order valence-corrected chi connectivity index (χ4v) is 1.62. The van der Waals surface area contributed by atoms with Crippen LogP contribution >= 0.6 is 0 Å². The molecule has 2 bridgehead atoms. The minimum absolute atomic E-state index is 0.130. The molecule has 0 radical (unpaired) electrons. The number of rotatable bonds is 0. The molecule has 0 spiro atoms. The second-order valence-corrected chi connectivity index (χ2v) is 2.76. The fourth-order valence-electron chi connectivity index (χ4n) is 1.62. The van der Waals surface area contributed by atoms with E-state index in [0.717, 1.165) is 0 Å². The molecule has 11 heavy (non-hydrogen) atoms. The highest BCUT2D eigenvalue weighted by Gasteiger charge is 2.46. The summed E-state index contributed by atoms with van der Waals surface area (Å²) in [6.45, 7) is 0. The standard InChI is InChI=1S/C8H6N2O/c9-3-5-6(4-10)8-2-1-7(5)11-8/h1-2,5-8H/t5-,6-,7?,8?/m0/s1. The predicted octanol–water partition coefficient (Wildman–Crippen LogP) is 0.603. The third-order valence-corrected chi connectivity index (χ3v) is 2.20. The molecule has 1 fully saturated rings. The first kappa shape index (κ1) is 6.39. The molecule has 0 saturated carbocycles. The molecular formula is C8H6N2O. The maximum Gasteiger partial charge on any atom is 0.0948 e. The molecule has 2 rings (SSSR count). The molecule has 3 nitrogen and oxygen atoms in total. The van der Waals surface area contributed by atoms with Crippen molar-refractivity contribution in [3.8, 4) is 12.1 Å².